The molecule has 0 aliphatic rings. The summed E-state index contributed by atoms with van der Waals surface area (Å²) in [6.07, 6.45) is 0. The van der Waals surface area contributed by atoms with Gasteiger partial charge in [0, 0.05) is 44.2 Å². The lowest BCUT2D eigenvalue weighted by Gasteiger charge is -2.32. The Morgan fingerprint density at radius 3 is 1.40 bits per heavy atom. The van der Waals surface area contributed by atoms with Crippen LogP contribution in [0.5, 0.6) is 0 Å². The third kappa shape index (κ3) is 8.40. The van der Waals surface area contributed by atoms with Gasteiger partial charge in [0.2, 0.25) is 0 Å². The van der Waals surface area contributed by atoms with E-state index in [1.807, 2.05) is 41.2 Å². The first-order chi connectivity index (χ1) is 9.17. The molecule has 0 heterocycles. The third-order valence-electron chi connectivity index (χ3n) is 3.39. The monoisotopic (exact) mass is 390 g/mol. The molecule has 0 bridgehead atoms. The van der Waals surface area contributed by atoms with Crippen LogP contribution in [0.15, 0.2) is 0 Å². The fraction of sp³-hybridized carbons (Fsp3) is 1.00. The van der Waals surface area contributed by atoms with Gasteiger partial charge in [-0.1, -0.05) is 21.6 Å². The second-order valence-corrected chi connectivity index (χ2v) is 16.1. The highest BCUT2D eigenvalue weighted by Crippen LogP contribution is 2.49. The molecule has 0 spiro atoms. The number of rotatable bonds is 11. The highest BCUT2D eigenvalue weighted by atomic mass is 33.7. The maximum atomic E-state index is 5.85. The number of hydrogen-bond acceptors (Lipinski definition) is 6. The first-order valence-corrected chi connectivity index (χ1v) is 14.0. The quantitative estimate of drug-likeness (QED) is 0.304. The van der Waals surface area contributed by atoms with Gasteiger partial charge in [-0.25, -0.2) is 0 Å². The molecule has 0 aromatic heterocycles. The molecule has 0 fully saturated rings. The van der Waals surface area contributed by atoms with Crippen LogP contribution in [0.1, 0.15) is 41.5 Å². The third-order valence-corrected chi connectivity index (χ3v) is 14.2. The van der Waals surface area contributed by atoms with E-state index in [0.29, 0.717) is 10.5 Å². The molecule has 122 valence electrons. The van der Waals surface area contributed by atoms with Crippen molar-refractivity contribution < 1.29 is 9.47 Å². The molecule has 8 heteroatoms. The van der Waals surface area contributed by atoms with Crippen LogP contribution in [0.2, 0.25) is 0 Å². The number of ether oxygens (including phenoxy) is 2. The van der Waals surface area contributed by atoms with Crippen molar-refractivity contribution in [3.8, 4) is 0 Å². The minimum absolute atomic E-state index is 0.0702. The minimum Gasteiger partial charge on any atom is -0.379 e. The molecule has 0 amide bonds. The Morgan fingerprint density at radius 2 is 1.15 bits per heavy atom. The van der Waals surface area contributed by atoms with Crippen molar-refractivity contribution in [2.45, 2.75) is 62.5 Å². The molecule has 0 rings (SSSR count). The Labute approximate surface area is 146 Å². The Morgan fingerprint density at radius 1 is 0.850 bits per heavy atom. The lowest BCUT2D eigenvalue weighted by atomic mass is 10.3. The summed E-state index contributed by atoms with van der Waals surface area (Å²) in [6.45, 7) is 14.8. The van der Waals surface area contributed by atoms with Gasteiger partial charge in [-0.15, -0.1) is 0 Å². The molecule has 0 saturated heterocycles. The van der Waals surface area contributed by atoms with Crippen LogP contribution in [0.4, 0.5) is 0 Å². The summed E-state index contributed by atoms with van der Waals surface area (Å²) in [5.74, 6) is 0. The van der Waals surface area contributed by atoms with Gasteiger partial charge in [0.25, 0.3) is 0 Å². The fourth-order valence-corrected chi connectivity index (χ4v) is 11.3. The van der Waals surface area contributed by atoms with E-state index in [1.165, 1.54) is 0 Å². The van der Waals surface area contributed by atoms with Gasteiger partial charge in [-0.2, -0.15) is 0 Å². The van der Waals surface area contributed by atoms with E-state index in [1.54, 1.807) is 0 Å². The predicted molar refractivity (Wildman–Crippen MR) is 109 cm³/mol. The molecule has 4 unspecified atom stereocenters. The maximum absolute atomic E-state index is 5.85. The molecule has 0 aliphatic heterocycles. The molecular formula is C12H30O2S4Si2. The van der Waals surface area contributed by atoms with Gasteiger partial charge >= 0.3 is 0 Å². The minimum atomic E-state index is 0.0702. The summed E-state index contributed by atoms with van der Waals surface area (Å²) < 4.78 is 11.7. The van der Waals surface area contributed by atoms with Crippen molar-refractivity contribution in [1.82, 2.24) is 0 Å². The summed E-state index contributed by atoms with van der Waals surface area (Å²) in [5, 5.41) is 1.19. The van der Waals surface area contributed by atoms with Gasteiger partial charge in [0.1, 0.15) is 0 Å². The first kappa shape index (κ1) is 21.8. The predicted octanol–water partition coefficient (Wildman–Crippen LogP) is 2.68. The molecule has 0 aromatic carbocycles. The lowest BCUT2D eigenvalue weighted by molar-refractivity contribution is 0.0428. The highest BCUT2D eigenvalue weighted by Gasteiger charge is 2.29. The Balaban J connectivity index is 3.97. The summed E-state index contributed by atoms with van der Waals surface area (Å²) >= 11 is 0. The van der Waals surface area contributed by atoms with E-state index in [9.17, 15) is 0 Å². The van der Waals surface area contributed by atoms with E-state index in [4.69, 9.17) is 9.47 Å². The average Bonchev–Trinajstić information content (AvgIpc) is 2.33. The van der Waals surface area contributed by atoms with Crippen LogP contribution in [-0.4, -0.2) is 54.6 Å². The maximum Gasteiger partial charge on any atom is 0.0579 e. The van der Waals surface area contributed by atoms with Crippen molar-refractivity contribution in [1.29, 1.82) is 0 Å². The summed E-state index contributed by atoms with van der Waals surface area (Å²) in [7, 11) is 9.73. The Kier molecular flexibility index (Phi) is 11.4. The van der Waals surface area contributed by atoms with Gasteiger partial charge in [0.05, 0.1) is 10.4 Å². The molecule has 0 saturated carbocycles. The van der Waals surface area contributed by atoms with Gasteiger partial charge in [-0.3, -0.25) is 0 Å². The van der Waals surface area contributed by atoms with E-state index >= 15 is 0 Å². The van der Waals surface area contributed by atoms with E-state index in [-0.39, 0.29) is 10.4 Å². The van der Waals surface area contributed by atoms with Crippen molar-refractivity contribution in [2.24, 2.45) is 0 Å². The van der Waals surface area contributed by atoms with Gasteiger partial charge < -0.3 is 9.47 Å². The van der Waals surface area contributed by atoms with Crippen molar-refractivity contribution in [3.05, 3.63) is 0 Å². The van der Waals surface area contributed by atoms with E-state index < -0.39 is 0 Å². The van der Waals surface area contributed by atoms with Crippen LogP contribution in [0, 0.1) is 0 Å². The Hall–Kier alpha value is 1.75. The van der Waals surface area contributed by atoms with Crippen LogP contribution >= 0.6 is 41.2 Å². The molecule has 0 aliphatic carbocycles. The van der Waals surface area contributed by atoms with Crippen molar-refractivity contribution in [3.63, 3.8) is 0 Å². The smallest absolute Gasteiger partial charge is 0.0579 e. The molecule has 2 nitrogen and oxygen atoms in total. The van der Waals surface area contributed by atoms with Crippen molar-refractivity contribution >= 4 is 61.7 Å². The molecule has 4 atom stereocenters. The summed E-state index contributed by atoms with van der Waals surface area (Å²) in [5.41, 5.74) is 0. The summed E-state index contributed by atoms with van der Waals surface area (Å²) in [6, 6.07) is 0. The van der Waals surface area contributed by atoms with Gasteiger partial charge in [0.15, 0.2) is 0 Å². The van der Waals surface area contributed by atoms with E-state index in [0.717, 1.165) is 33.7 Å². The van der Waals surface area contributed by atoms with Gasteiger partial charge in [-0.05, 0) is 61.2 Å². The van der Waals surface area contributed by atoms with Crippen LogP contribution in [0.3, 0.4) is 0 Å². The van der Waals surface area contributed by atoms with Crippen LogP contribution in [-0.2, 0) is 9.47 Å². The summed E-state index contributed by atoms with van der Waals surface area (Å²) in [4.78, 5) is 0. The largest absolute Gasteiger partial charge is 0.379 e. The number of hydrogen-bond donors (Lipinski definition) is 0. The van der Waals surface area contributed by atoms with E-state index in [2.05, 4.69) is 41.5 Å². The lowest BCUT2D eigenvalue weighted by Crippen LogP contribution is -2.38. The zero-order valence-electron chi connectivity index (χ0n) is 14.0. The normalized spacial score (nSPS) is 21.3. The molecule has 0 radical (unpaired) electrons. The SMILES string of the molecule is CCOC(C)([SiH3])C(C)SSSSC(C)C(C)([SiH3])OCC. The molecule has 0 aromatic rings. The average molecular weight is 391 g/mol. The second-order valence-electron chi connectivity index (χ2n) is 5.69. The molecule has 0 N–H and O–H groups in total. The zero-order valence-corrected chi connectivity index (χ0v) is 21.3. The molecular weight excluding hydrogens is 361 g/mol. The molecule has 20 heavy (non-hydrogen) atoms. The van der Waals surface area contributed by atoms with Crippen LogP contribution in [0.25, 0.3) is 0 Å². The van der Waals surface area contributed by atoms with Crippen molar-refractivity contribution in [2.75, 3.05) is 13.2 Å². The standard InChI is InChI=1S/C12H30O2S4Si2/c1-7-13-11(5,19)9(3)15-17-18-16-10(4)12(6,20)14-8-2/h9-10H,7-8H2,1-6,19-20H3. The second kappa shape index (κ2) is 10.5. The Bertz CT molecular complexity index is 242. The van der Waals surface area contributed by atoms with Crippen LogP contribution < -0.4 is 0 Å². The fourth-order valence-electron chi connectivity index (χ4n) is 1.36. The first-order valence-electron chi connectivity index (χ1n) is 7.10. The zero-order chi connectivity index (χ0) is 15.8. The topological polar surface area (TPSA) is 18.5 Å². The highest BCUT2D eigenvalue weighted by molar-refractivity contribution is 9.26.